The number of fused-ring (bicyclic) bond motifs is 1. The number of phenols is 1. The Hall–Kier alpha value is -3.60. The zero-order chi connectivity index (χ0) is 21.5. The van der Waals surface area contributed by atoms with Crippen LogP contribution >= 0.6 is 0 Å². The second-order valence-corrected chi connectivity index (χ2v) is 8.27. The van der Waals surface area contributed by atoms with Crippen LogP contribution in [0.3, 0.4) is 0 Å². The van der Waals surface area contributed by atoms with Crippen molar-refractivity contribution in [2.45, 2.75) is 37.8 Å². The van der Waals surface area contributed by atoms with Crippen molar-refractivity contribution in [3.63, 3.8) is 0 Å². The molecule has 2 aliphatic rings. The molecule has 3 aromatic carbocycles. The fourth-order valence-electron chi connectivity index (χ4n) is 5.01. The van der Waals surface area contributed by atoms with E-state index in [0.717, 1.165) is 36.5 Å². The molecule has 156 valence electrons. The highest BCUT2D eigenvalue weighted by Crippen LogP contribution is 2.44. The second kappa shape index (κ2) is 7.58. The maximum Gasteiger partial charge on any atom is 0.295 e. The van der Waals surface area contributed by atoms with E-state index in [1.54, 1.807) is 35.2 Å². The van der Waals surface area contributed by atoms with Crippen LogP contribution in [0.15, 0.2) is 72.3 Å². The van der Waals surface area contributed by atoms with Gasteiger partial charge in [-0.25, -0.2) is 0 Å². The second-order valence-electron chi connectivity index (χ2n) is 8.27. The number of aliphatic hydroxyl groups excluding tert-OH is 1. The van der Waals surface area contributed by atoms with Crippen LogP contribution in [0.1, 0.15) is 42.9 Å². The number of carbonyl (C=O) groups excluding carboxylic acids is 2. The number of hydrogen-bond donors (Lipinski definition) is 2. The molecular formula is C26H23NO4. The summed E-state index contributed by atoms with van der Waals surface area (Å²) >= 11 is 0. The highest BCUT2D eigenvalue weighted by molar-refractivity contribution is 6.46. The Morgan fingerprint density at radius 3 is 2.39 bits per heavy atom. The average molecular weight is 413 g/mol. The van der Waals surface area contributed by atoms with Crippen molar-refractivity contribution in [1.29, 1.82) is 0 Å². The largest absolute Gasteiger partial charge is 0.508 e. The normalized spacial score (nSPS) is 21.3. The zero-order valence-corrected chi connectivity index (χ0v) is 17.0. The molecule has 2 fully saturated rings. The van der Waals surface area contributed by atoms with E-state index in [9.17, 15) is 19.8 Å². The number of aromatic hydroxyl groups is 1. The summed E-state index contributed by atoms with van der Waals surface area (Å²) in [6.45, 7) is 0. The molecule has 1 saturated carbocycles. The molecule has 1 aliphatic heterocycles. The molecular weight excluding hydrogens is 390 g/mol. The standard InChI is InChI=1S/C26H23NO4/c28-19-12-5-9-17(15-19)23-22(25(30)26(31)27(23)18-10-2-3-11-18)24(29)21-14-6-8-16-7-1-4-13-20(16)21/h1,4-9,12-15,18,23,28-29H,2-3,10-11H2/b24-22-. The molecule has 1 saturated heterocycles. The molecule has 0 spiro atoms. The molecule has 1 atom stereocenters. The first kappa shape index (κ1) is 19.4. The van der Waals surface area contributed by atoms with Crippen molar-refractivity contribution >= 4 is 28.2 Å². The van der Waals surface area contributed by atoms with Gasteiger partial charge in [0.25, 0.3) is 11.7 Å². The van der Waals surface area contributed by atoms with E-state index < -0.39 is 17.7 Å². The van der Waals surface area contributed by atoms with Gasteiger partial charge in [-0.3, -0.25) is 9.59 Å². The van der Waals surface area contributed by atoms with Crippen LogP contribution in [0.4, 0.5) is 0 Å². The molecule has 5 rings (SSSR count). The van der Waals surface area contributed by atoms with Crippen LogP contribution in [0.25, 0.3) is 16.5 Å². The van der Waals surface area contributed by atoms with Gasteiger partial charge in [0, 0.05) is 11.6 Å². The van der Waals surface area contributed by atoms with Crippen molar-refractivity contribution in [2.75, 3.05) is 0 Å². The van der Waals surface area contributed by atoms with Gasteiger partial charge >= 0.3 is 0 Å². The predicted molar refractivity (Wildman–Crippen MR) is 118 cm³/mol. The van der Waals surface area contributed by atoms with E-state index >= 15 is 0 Å². The molecule has 1 aliphatic carbocycles. The summed E-state index contributed by atoms with van der Waals surface area (Å²) in [5.74, 6) is -1.38. The topological polar surface area (TPSA) is 77.8 Å². The van der Waals surface area contributed by atoms with Gasteiger partial charge in [-0.2, -0.15) is 0 Å². The monoisotopic (exact) mass is 413 g/mol. The highest BCUT2D eigenvalue weighted by Gasteiger charge is 2.49. The molecule has 0 bridgehead atoms. The Morgan fingerprint density at radius 2 is 1.61 bits per heavy atom. The Morgan fingerprint density at radius 1 is 0.903 bits per heavy atom. The molecule has 1 amide bonds. The molecule has 3 aromatic rings. The van der Waals surface area contributed by atoms with Crippen molar-refractivity contribution in [2.24, 2.45) is 0 Å². The highest BCUT2D eigenvalue weighted by atomic mass is 16.3. The number of aliphatic hydroxyl groups is 1. The first-order valence-electron chi connectivity index (χ1n) is 10.6. The molecule has 5 nitrogen and oxygen atoms in total. The quantitative estimate of drug-likeness (QED) is 0.363. The predicted octanol–water partition coefficient (Wildman–Crippen LogP) is 4.91. The minimum atomic E-state index is -0.728. The lowest BCUT2D eigenvalue weighted by Crippen LogP contribution is -2.37. The summed E-state index contributed by atoms with van der Waals surface area (Å²) in [6.07, 6.45) is 3.67. The lowest BCUT2D eigenvalue weighted by Gasteiger charge is -2.30. The van der Waals surface area contributed by atoms with Crippen molar-refractivity contribution in [3.05, 3.63) is 83.4 Å². The number of ketones is 1. The number of rotatable bonds is 3. The lowest BCUT2D eigenvalue weighted by molar-refractivity contribution is -0.141. The molecule has 1 heterocycles. The Labute approximate surface area is 180 Å². The van der Waals surface area contributed by atoms with Gasteiger partial charge in [0.2, 0.25) is 0 Å². The lowest BCUT2D eigenvalue weighted by atomic mass is 9.93. The van der Waals surface area contributed by atoms with Gasteiger partial charge in [-0.15, -0.1) is 0 Å². The van der Waals surface area contributed by atoms with Crippen molar-refractivity contribution in [1.82, 2.24) is 4.90 Å². The van der Waals surface area contributed by atoms with Gasteiger partial charge in [-0.1, -0.05) is 67.4 Å². The van der Waals surface area contributed by atoms with Gasteiger partial charge in [0.05, 0.1) is 11.6 Å². The number of amides is 1. The Kier molecular flexibility index (Phi) is 4.74. The summed E-state index contributed by atoms with van der Waals surface area (Å²) in [4.78, 5) is 28.0. The van der Waals surface area contributed by atoms with Crippen LogP contribution in [-0.2, 0) is 9.59 Å². The van der Waals surface area contributed by atoms with Gasteiger partial charge in [0.15, 0.2) is 0 Å². The van der Waals surface area contributed by atoms with Crippen LogP contribution in [-0.4, -0.2) is 32.8 Å². The smallest absolute Gasteiger partial charge is 0.295 e. The van der Waals surface area contributed by atoms with Crippen molar-refractivity contribution in [3.8, 4) is 5.75 Å². The Balaban J connectivity index is 1.74. The third kappa shape index (κ3) is 3.17. The number of phenolic OH excluding ortho intramolecular Hbond substituents is 1. The maximum absolute atomic E-state index is 13.2. The minimum Gasteiger partial charge on any atom is -0.508 e. The van der Waals surface area contributed by atoms with E-state index in [2.05, 4.69) is 0 Å². The van der Waals surface area contributed by atoms with E-state index in [1.165, 1.54) is 0 Å². The molecule has 5 heteroatoms. The fraction of sp³-hybridized carbons (Fsp3) is 0.231. The van der Waals surface area contributed by atoms with Crippen LogP contribution in [0.2, 0.25) is 0 Å². The average Bonchev–Trinajstić information content (AvgIpc) is 3.40. The molecule has 0 aromatic heterocycles. The van der Waals surface area contributed by atoms with E-state index in [4.69, 9.17) is 0 Å². The molecule has 0 radical (unpaired) electrons. The third-order valence-corrected chi connectivity index (χ3v) is 6.43. The van der Waals surface area contributed by atoms with Crippen LogP contribution in [0.5, 0.6) is 5.75 Å². The first-order chi connectivity index (χ1) is 15.1. The number of carbonyl (C=O) groups is 2. The number of likely N-dealkylation sites (tertiary alicyclic amines) is 1. The van der Waals surface area contributed by atoms with Gasteiger partial charge in [-0.05, 0) is 41.3 Å². The number of benzene rings is 3. The summed E-state index contributed by atoms with van der Waals surface area (Å²) in [5.41, 5.74) is 1.22. The fourth-order valence-corrected chi connectivity index (χ4v) is 5.01. The van der Waals surface area contributed by atoms with Gasteiger partial charge in [0.1, 0.15) is 11.5 Å². The summed E-state index contributed by atoms with van der Waals surface area (Å²) < 4.78 is 0. The number of Topliss-reactive ketones (excluding diaryl/α,β-unsaturated/α-hetero) is 1. The molecule has 1 unspecified atom stereocenters. The van der Waals surface area contributed by atoms with E-state index in [-0.39, 0.29) is 23.1 Å². The SMILES string of the molecule is O=C1C(=O)N(C2CCCC2)C(c2cccc(O)c2)/C1=C(/O)c1cccc2ccccc12. The number of hydrogen-bond acceptors (Lipinski definition) is 4. The van der Waals surface area contributed by atoms with Crippen LogP contribution < -0.4 is 0 Å². The summed E-state index contributed by atoms with van der Waals surface area (Å²) in [5, 5.41) is 23.2. The van der Waals surface area contributed by atoms with Crippen LogP contribution in [0, 0.1) is 0 Å². The minimum absolute atomic E-state index is 0.0541. The van der Waals surface area contributed by atoms with E-state index in [1.807, 2.05) is 36.4 Å². The first-order valence-corrected chi connectivity index (χ1v) is 10.6. The molecule has 2 N–H and O–H groups in total. The summed E-state index contributed by atoms with van der Waals surface area (Å²) in [7, 11) is 0. The molecule has 31 heavy (non-hydrogen) atoms. The van der Waals surface area contributed by atoms with E-state index in [0.29, 0.717) is 11.1 Å². The van der Waals surface area contributed by atoms with Gasteiger partial charge < -0.3 is 15.1 Å². The number of nitrogens with zero attached hydrogens (tertiary/aromatic N) is 1. The maximum atomic E-state index is 13.2. The third-order valence-electron chi connectivity index (χ3n) is 6.43. The Bertz CT molecular complexity index is 1220. The van der Waals surface area contributed by atoms with Crippen molar-refractivity contribution < 1.29 is 19.8 Å². The summed E-state index contributed by atoms with van der Waals surface area (Å²) in [6, 6.07) is 19.0. The zero-order valence-electron chi connectivity index (χ0n) is 17.0.